The number of carbonyl (C=O) groups excluding carboxylic acids is 2. The Balaban J connectivity index is 1.66. The lowest BCUT2D eigenvalue weighted by Gasteiger charge is -2.34. The summed E-state index contributed by atoms with van der Waals surface area (Å²) in [7, 11) is 0. The second-order valence-electron chi connectivity index (χ2n) is 7.63. The summed E-state index contributed by atoms with van der Waals surface area (Å²) in [5.41, 5.74) is -2.15. The van der Waals surface area contributed by atoms with E-state index in [4.69, 9.17) is 0 Å². The molecule has 2 aromatic rings. The van der Waals surface area contributed by atoms with Gasteiger partial charge in [0.2, 0.25) is 5.43 Å². The van der Waals surface area contributed by atoms with Gasteiger partial charge in [-0.2, -0.15) is 0 Å². The average Bonchev–Trinajstić information content (AvgIpc) is 2.84. The maximum atomic E-state index is 14.0. The summed E-state index contributed by atoms with van der Waals surface area (Å²) in [6.07, 6.45) is 0.518. The Morgan fingerprint density at radius 1 is 1.26 bits per heavy atom. The van der Waals surface area contributed by atoms with Crippen LogP contribution in [-0.2, 0) is 6.54 Å². The maximum absolute atomic E-state index is 14.0. The molecule has 2 N–H and O–H groups in total. The number of carbonyl (C=O) groups is 2. The van der Waals surface area contributed by atoms with Crippen molar-refractivity contribution in [2.45, 2.75) is 31.4 Å². The summed E-state index contributed by atoms with van der Waals surface area (Å²) in [4.78, 5) is 38.5. The smallest absolute Gasteiger partial charge is 0.274 e. The van der Waals surface area contributed by atoms with Crippen LogP contribution in [0.2, 0.25) is 0 Å². The Morgan fingerprint density at radius 2 is 2.00 bits per heavy atom. The first-order valence-corrected chi connectivity index (χ1v) is 9.45. The Labute approximate surface area is 172 Å². The van der Waals surface area contributed by atoms with Crippen molar-refractivity contribution in [2.24, 2.45) is 0 Å². The second kappa shape index (κ2) is 7.40. The van der Waals surface area contributed by atoms with Gasteiger partial charge < -0.3 is 19.9 Å². The van der Waals surface area contributed by atoms with Crippen molar-refractivity contribution in [3.8, 4) is 5.75 Å². The predicted octanol–water partition coefficient (Wildman–Crippen LogP) is 2.19. The summed E-state index contributed by atoms with van der Waals surface area (Å²) < 4.78 is 55.9. The fourth-order valence-electron chi connectivity index (χ4n) is 3.89. The normalized spacial score (nSPS) is 19.5. The van der Waals surface area contributed by atoms with Gasteiger partial charge >= 0.3 is 0 Å². The lowest BCUT2D eigenvalue weighted by atomic mass is 10.1. The van der Waals surface area contributed by atoms with Gasteiger partial charge in [0.15, 0.2) is 11.4 Å². The topological polar surface area (TPSA) is 91.6 Å². The number of hydrogen-bond donors (Lipinski definition) is 2. The second-order valence-corrected chi connectivity index (χ2v) is 7.63. The molecule has 164 valence electrons. The first kappa shape index (κ1) is 20.9. The molecule has 2 aliphatic rings. The summed E-state index contributed by atoms with van der Waals surface area (Å²) in [6.45, 7) is -1.23. The van der Waals surface area contributed by atoms with Gasteiger partial charge in [0, 0.05) is 37.3 Å². The average molecular weight is 439 g/mol. The Hall–Kier alpha value is -3.37. The number of hydrogen-bond acceptors (Lipinski definition) is 4. The molecule has 1 unspecified atom stereocenters. The predicted molar refractivity (Wildman–Crippen MR) is 99.0 cm³/mol. The molecule has 1 saturated heterocycles. The van der Waals surface area contributed by atoms with E-state index in [1.54, 1.807) is 0 Å². The van der Waals surface area contributed by atoms with E-state index in [9.17, 15) is 37.1 Å². The van der Waals surface area contributed by atoms with Crippen LogP contribution in [0.5, 0.6) is 5.75 Å². The van der Waals surface area contributed by atoms with Gasteiger partial charge in [0.05, 0.1) is 12.6 Å². The van der Waals surface area contributed by atoms with E-state index in [0.29, 0.717) is 6.07 Å². The minimum Gasteiger partial charge on any atom is -0.503 e. The van der Waals surface area contributed by atoms with E-state index in [1.165, 1.54) is 4.57 Å². The van der Waals surface area contributed by atoms with Crippen molar-refractivity contribution in [3.63, 3.8) is 0 Å². The van der Waals surface area contributed by atoms with Crippen LogP contribution in [0, 0.1) is 11.6 Å². The van der Waals surface area contributed by atoms with Crippen LogP contribution in [0.15, 0.2) is 29.2 Å². The van der Waals surface area contributed by atoms with Gasteiger partial charge in [-0.1, -0.05) is 6.07 Å². The molecule has 2 aliphatic heterocycles. The molecule has 1 aromatic carbocycles. The first-order chi connectivity index (χ1) is 14.6. The number of nitrogens with zero attached hydrogens (tertiary/aromatic N) is 2. The quantitative estimate of drug-likeness (QED) is 0.718. The van der Waals surface area contributed by atoms with Gasteiger partial charge in [-0.15, -0.1) is 0 Å². The molecule has 1 atom stereocenters. The number of halogens is 4. The molecule has 2 bridgehead atoms. The van der Waals surface area contributed by atoms with E-state index in [1.807, 2.05) is 0 Å². The summed E-state index contributed by atoms with van der Waals surface area (Å²) in [5, 5.41) is 12.6. The molecule has 0 aliphatic carbocycles. The molecule has 4 rings (SSSR count). The summed E-state index contributed by atoms with van der Waals surface area (Å²) >= 11 is 0. The molecule has 3 heterocycles. The molecule has 31 heavy (non-hydrogen) atoms. The van der Waals surface area contributed by atoms with Crippen molar-refractivity contribution >= 4 is 11.8 Å². The van der Waals surface area contributed by atoms with Gasteiger partial charge in [-0.05, 0) is 12.5 Å². The highest BCUT2D eigenvalue weighted by molar-refractivity contribution is 5.99. The van der Waals surface area contributed by atoms with Crippen LogP contribution < -0.4 is 10.7 Å². The number of pyridine rings is 1. The lowest BCUT2D eigenvalue weighted by molar-refractivity contribution is -0.0258. The minimum absolute atomic E-state index is 0.0335. The number of aromatic hydroxyl groups is 1. The minimum atomic E-state index is -3.11. The van der Waals surface area contributed by atoms with E-state index in [0.717, 1.165) is 23.2 Å². The SMILES string of the molecule is O=C(NCc1ccc(F)cc1F)c1cn2c(c(O)c1=O)C(=O)N1CC2CCC(F)(F)C1. The number of amides is 2. The number of benzene rings is 1. The van der Waals surface area contributed by atoms with Crippen LogP contribution in [0.4, 0.5) is 17.6 Å². The standard InChI is InChI=1S/C20H17F4N3O4/c21-11-2-1-10(14(22)5-11)6-25-18(30)13-8-27-12-3-4-20(23,24)9-26(7-12)19(31)15(27)17(29)16(13)28/h1-2,5,8,12,29H,3-4,6-7,9H2,(H,25,30). The van der Waals surface area contributed by atoms with Crippen LogP contribution in [0.3, 0.4) is 0 Å². The molecule has 2 amide bonds. The third-order valence-corrected chi connectivity index (χ3v) is 5.49. The molecule has 11 heteroatoms. The molecule has 0 radical (unpaired) electrons. The van der Waals surface area contributed by atoms with Crippen LogP contribution in [-0.4, -0.2) is 45.4 Å². The Kier molecular flexibility index (Phi) is 4.98. The highest BCUT2D eigenvalue weighted by Crippen LogP contribution is 2.36. The molecule has 0 saturated carbocycles. The fraction of sp³-hybridized carbons (Fsp3) is 0.350. The van der Waals surface area contributed by atoms with Crippen LogP contribution in [0.25, 0.3) is 0 Å². The van der Waals surface area contributed by atoms with E-state index in [-0.39, 0.29) is 25.1 Å². The molecule has 1 aromatic heterocycles. The number of alkyl halides is 2. The number of nitrogens with one attached hydrogen (secondary N) is 1. The van der Waals surface area contributed by atoms with Gasteiger partial charge in [0.1, 0.15) is 17.2 Å². The van der Waals surface area contributed by atoms with E-state index < -0.39 is 70.8 Å². The van der Waals surface area contributed by atoms with E-state index in [2.05, 4.69) is 5.32 Å². The highest BCUT2D eigenvalue weighted by Gasteiger charge is 2.44. The Bertz CT molecular complexity index is 1150. The van der Waals surface area contributed by atoms with Crippen molar-refractivity contribution in [1.29, 1.82) is 0 Å². The van der Waals surface area contributed by atoms with Crippen molar-refractivity contribution < 1.29 is 32.3 Å². The molecular formula is C20H17F4N3O4. The van der Waals surface area contributed by atoms with Crippen molar-refractivity contribution in [1.82, 2.24) is 14.8 Å². The fourth-order valence-corrected chi connectivity index (χ4v) is 3.89. The molecule has 0 spiro atoms. The zero-order chi connectivity index (χ0) is 22.5. The Morgan fingerprint density at radius 3 is 2.71 bits per heavy atom. The first-order valence-electron chi connectivity index (χ1n) is 9.45. The highest BCUT2D eigenvalue weighted by atomic mass is 19.3. The van der Waals surface area contributed by atoms with Gasteiger partial charge in [-0.3, -0.25) is 14.4 Å². The third-order valence-electron chi connectivity index (χ3n) is 5.49. The van der Waals surface area contributed by atoms with Gasteiger partial charge in [-0.25, -0.2) is 17.6 Å². The molecular weight excluding hydrogens is 422 g/mol. The summed E-state index contributed by atoms with van der Waals surface area (Å²) in [6, 6.07) is 2.11. The zero-order valence-electron chi connectivity index (χ0n) is 16.0. The third kappa shape index (κ3) is 3.75. The van der Waals surface area contributed by atoms with Gasteiger partial charge in [0.25, 0.3) is 17.7 Å². The van der Waals surface area contributed by atoms with Crippen LogP contribution >= 0.6 is 0 Å². The molecule has 1 fully saturated rings. The number of rotatable bonds is 3. The monoisotopic (exact) mass is 439 g/mol. The number of fused-ring (bicyclic) bond motifs is 4. The summed E-state index contributed by atoms with van der Waals surface area (Å²) in [5.74, 6) is -7.69. The zero-order valence-corrected chi connectivity index (χ0v) is 16.0. The largest absolute Gasteiger partial charge is 0.503 e. The lowest BCUT2D eigenvalue weighted by Crippen LogP contribution is -2.46. The molecule has 7 nitrogen and oxygen atoms in total. The van der Waals surface area contributed by atoms with Crippen molar-refractivity contribution in [2.75, 3.05) is 13.1 Å². The maximum Gasteiger partial charge on any atom is 0.274 e. The van der Waals surface area contributed by atoms with Crippen molar-refractivity contribution in [3.05, 3.63) is 63.1 Å². The van der Waals surface area contributed by atoms with Crippen LogP contribution in [0.1, 0.15) is 45.3 Å². The number of aromatic nitrogens is 1. The van der Waals surface area contributed by atoms with E-state index >= 15 is 0 Å².